The number of likely N-dealkylation sites (tertiary alicyclic amines) is 1. The molecule has 0 atom stereocenters. The van der Waals surface area contributed by atoms with Gasteiger partial charge in [0.2, 0.25) is 5.88 Å². The van der Waals surface area contributed by atoms with Crippen molar-refractivity contribution in [3.8, 4) is 5.88 Å². The molecule has 1 N–H and O–H groups in total. The van der Waals surface area contributed by atoms with Crippen molar-refractivity contribution in [3.05, 3.63) is 73.4 Å². The summed E-state index contributed by atoms with van der Waals surface area (Å²) in [5.74, 6) is 2.05. The fraction of sp³-hybridized carbons (Fsp3) is 0.261. The largest absolute Gasteiger partial charge is 0.471 e. The summed E-state index contributed by atoms with van der Waals surface area (Å²) in [6, 6.07) is 10.5. The quantitative estimate of drug-likeness (QED) is 0.608. The lowest BCUT2D eigenvalue weighted by Gasteiger charge is -2.40. The average molecular weight is 385 g/mol. The Balaban J connectivity index is 1.36. The number of hydrogen-bond acceptors (Lipinski definition) is 6. The van der Waals surface area contributed by atoms with Gasteiger partial charge < -0.3 is 15.0 Å². The Morgan fingerprint density at radius 3 is 2.83 bits per heavy atom. The molecule has 3 aromatic rings. The van der Waals surface area contributed by atoms with E-state index >= 15 is 0 Å². The molecule has 0 bridgehead atoms. The van der Waals surface area contributed by atoms with E-state index in [-0.39, 0.29) is 6.10 Å². The van der Waals surface area contributed by atoms with Gasteiger partial charge in [0.05, 0.1) is 24.8 Å². The Morgan fingerprint density at radius 2 is 2.03 bits per heavy atom. The second-order valence-electron chi connectivity index (χ2n) is 7.63. The van der Waals surface area contributed by atoms with Gasteiger partial charge in [-0.15, -0.1) is 0 Å². The standard InChI is InChI=1S/C23H23N5O/c1-3-15(2)28-12-19(13-28)29-22-10-20-21(11-24-22)25-14-26-23(20)27-18-6-4-5-17(9-18)16-7-8-16/h3-6,9-11,14,16,19H,1-2,7-8,12-13H2,(H,25,26,27). The average Bonchev–Trinajstić information content (AvgIpc) is 3.56. The van der Waals surface area contributed by atoms with Gasteiger partial charge in [-0.05, 0) is 42.5 Å². The van der Waals surface area contributed by atoms with Gasteiger partial charge in [-0.1, -0.05) is 25.3 Å². The zero-order valence-corrected chi connectivity index (χ0v) is 16.2. The normalized spacial score (nSPS) is 16.3. The number of pyridine rings is 1. The highest BCUT2D eigenvalue weighted by Crippen LogP contribution is 2.41. The van der Waals surface area contributed by atoms with E-state index in [0.29, 0.717) is 11.8 Å². The monoisotopic (exact) mass is 385 g/mol. The fourth-order valence-corrected chi connectivity index (χ4v) is 3.57. The highest BCUT2D eigenvalue weighted by molar-refractivity contribution is 5.90. The molecule has 1 aliphatic carbocycles. The maximum absolute atomic E-state index is 6.04. The predicted molar refractivity (Wildman–Crippen MR) is 114 cm³/mol. The van der Waals surface area contributed by atoms with Crippen LogP contribution in [0.5, 0.6) is 5.88 Å². The first-order chi connectivity index (χ1) is 14.2. The summed E-state index contributed by atoms with van der Waals surface area (Å²) in [5, 5.41) is 4.33. The molecule has 5 rings (SSSR count). The third-order valence-corrected chi connectivity index (χ3v) is 5.47. The third-order valence-electron chi connectivity index (χ3n) is 5.47. The molecule has 0 unspecified atom stereocenters. The predicted octanol–water partition coefficient (Wildman–Crippen LogP) is 4.41. The van der Waals surface area contributed by atoms with Gasteiger partial charge in [-0.3, -0.25) is 0 Å². The molecule has 3 heterocycles. The number of allylic oxidation sites excluding steroid dienone is 1. The second kappa shape index (κ2) is 7.20. The lowest BCUT2D eigenvalue weighted by molar-refractivity contribution is 0.0439. The summed E-state index contributed by atoms with van der Waals surface area (Å²) >= 11 is 0. The molecule has 146 valence electrons. The van der Waals surface area contributed by atoms with Crippen molar-refractivity contribution in [1.29, 1.82) is 0 Å². The smallest absolute Gasteiger partial charge is 0.214 e. The first-order valence-electron chi connectivity index (χ1n) is 9.90. The maximum Gasteiger partial charge on any atom is 0.214 e. The number of nitrogens with zero attached hydrogens (tertiary/aromatic N) is 4. The minimum absolute atomic E-state index is 0.0907. The number of fused-ring (bicyclic) bond motifs is 1. The molecular weight excluding hydrogens is 362 g/mol. The van der Waals surface area contributed by atoms with E-state index in [4.69, 9.17) is 4.74 Å². The Labute approximate surface area is 170 Å². The number of aromatic nitrogens is 3. The Kier molecular flexibility index (Phi) is 4.39. The number of nitrogens with one attached hydrogen (secondary N) is 1. The fourth-order valence-electron chi connectivity index (χ4n) is 3.57. The molecule has 29 heavy (non-hydrogen) atoms. The van der Waals surface area contributed by atoms with Crippen molar-refractivity contribution in [2.75, 3.05) is 18.4 Å². The number of rotatable bonds is 7. The number of anilines is 2. The van der Waals surface area contributed by atoms with Gasteiger partial charge in [-0.25, -0.2) is 15.0 Å². The molecular formula is C23H23N5O. The summed E-state index contributed by atoms with van der Waals surface area (Å²) < 4.78 is 6.04. The van der Waals surface area contributed by atoms with Crippen LogP contribution in [0.2, 0.25) is 0 Å². The molecule has 6 heteroatoms. The summed E-state index contributed by atoms with van der Waals surface area (Å²) in [6.45, 7) is 9.29. The maximum atomic E-state index is 6.04. The lowest BCUT2D eigenvalue weighted by atomic mass is 10.1. The number of ether oxygens (including phenoxy) is 1. The van der Waals surface area contributed by atoms with E-state index < -0.39 is 0 Å². The third kappa shape index (κ3) is 3.66. The van der Waals surface area contributed by atoms with Crippen molar-refractivity contribution in [1.82, 2.24) is 19.9 Å². The molecule has 2 aliphatic rings. The van der Waals surface area contributed by atoms with E-state index in [1.807, 2.05) is 6.07 Å². The molecule has 2 fully saturated rings. The van der Waals surface area contributed by atoms with Crippen LogP contribution < -0.4 is 10.1 Å². The molecule has 6 nitrogen and oxygen atoms in total. The minimum Gasteiger partial charge on any atom is -0.471 e. The highest BCUT2D eigenvalue weighted by Gasteiger charge is 2.29. The van der Waals surface area contributed by atoms with Crippen molar-refractivity contribution in [3.63, 3.8) is 0 Å². The Morgan fingerprint density at radius 1 is 1.17 bits per heavy atom. The highest BCUT2D eigenvalue weighted by atomic mass is 16.5. The van der Waals surface area contributed by atoms with E-state index in [2.05, 4.69) is 62.6 Å². The molecule has 0 radical (unpaired) electrons. The van der Waals surface area contributed by atoms with Crippen LogP contribution in [0.4, 0.5) is 11.5 Å². The number of benzene rings is 1. The SMILES string of the molecule is C=CC(=C)N1CC(Oc2cc3c(Nc4cccc(C5CC5)c4)ncnc3cn2)C1. The second-order valence-corrected chi connectivity index (χ2v) is 7.63. The van der Waals surface area contributed by atoms with Gasteiger partial charge in [-0.2, -0.15) is 0 Å². The topological polar surface area (TPSA) is 63.2 Å². The summed E-state index contributed by atoms with van der Waals surface area (Å²) in [6.07, 6.45) is 7.71. The summed E-state index contributed by atoms with van der Waals surface area (Å²) in [4.78, 5) is 15.3. The van der Waals surface area contributed by atoms with Crippen LogP contribution in [0.15, 0.2) is 67.8 Å². The number of hydrogen-bond donors (Lipinski definition) is 1. The van der Waals surface area contributed by atoms with Crippen LogP contribution in [0.3, 0.4) is 0 Å². The van der Waals surface area contributed by atoms with Gasteiger partial charge in [0.1, 0.15) is 18.2 Å². The van der Waals surface area contributed by atoms with Crippen LogP contribution in [-0.2, 0) is 0 Å². The molecule has 0 spiro atoms. The van der Waals surface area contributed by atoms with Crippen molar-refractivity contribution in [2.24, 2.45) is 0 Å². The van der Waals surface area contributed by atoms with Crippen molar-refractivity contribution in [2.45, 2.75) is 24.9 Å². The molecule has 1 saturated heterocycles. The molecule has 0 amide bonds. The van der Waals surface area contributed by atoms with Gasteiger partial charge in [0, 0.05) is 22.8 Å². The molecule has 1 aromatic carbocycles. The van der Waals surface area contributed by atoms with E-state index in [0.717, 1.165) is 41.2 Å². The first-order valence-corrected chi connectivity index (χ1v) is 9.90. The molecule has 1 saturated carbocycles. The van der Waals surface area contributed by atoms with Crippen LogP contribution in [0, 0.1) is 0 Å². The summed E-state index contributed by atoms with van der Waals surface area (Å²) in [5.41, 5.74) is 4.12. The van der Waals surface area contributed by atoms with Gasteiger partial charge >= 0.3 is 0 Å². The van der Waals surface area contributed by atoms with Crippen molar-refractivity contribution >= 4 is 22.4 Å². The molecule has 2 aromatic heterocycles. The minimum atomic E-state index is 0.0907. The Hall–Kier alpha value is -3.41. The Bertz CT molecular complexity index is 1090. The van der Waals surface area contributed by atoms with Crippen LogP contribution >= 0.6 is 0 Å². The van der Waals surface area contributed by atoms with Crippen LogP contribution in [0.1, 0.15) is 24.3 Å². The van der Waals surface area contributed by atoms with E-state index in [1.165, 1.54) is 18.4 Å². The van der Waals surface area contributed by atoms with Crippen LogP contribution in [0.25, 0.3) is 10.9 Å². The summed E-state index contributed by atoms with van der Waals surface area (Å²) in [7, 11) is 0. The van der Waals surface area contributed by atoms with E-state index in [9.17, 15) is 0 Å². The van der Waals surface area contributed by atoms with E-state index in [1.54, 1.807) is 18.6 Å². The zero-order chi connectivity index (χ0) is 19.8. The zero-order valence-electron chi connectivity index (χ0n) is 16.2. The van der Waals surface area contributed by atoms with Crippen LogP contribution in [-0.4, -0.2) is 39.0 Å². The van der Waals surface area contributed by atoms with Crippen molar-refractivity contribution < 1.29 is 4.74 Å². The van der Waals surface area contributed by atoms with Gasteiger partial charge in [0.25, 0.3) is 0 Å². The van der Waals surface area contributed by atoms with Gasteiger partial charge in [0.15, 0.2) is 0 Å². The first kappa shape index (κ1) is 17.7. The molecule has 1 aliphatic heterocycles. The lowest BCUT2D eigenvalue weighted by Crippen LogP contribution is -2.52.